The molecule has 590 valence electrons. The molecule has 0 heterocycles. The number of hydrogen-bond acceptors (Lipinski definition) is 8. The third-order valence-electron chi connectivity index (χ3n) is 20.6. The second kappa shape index (κ2) is 82.2. The number of carboxylic acid groups (broad SMARTS) is 1. The topological polar surface area (TPSA) is 111 Å². The van der Waals surface area contributed by atoms with E-state index in [9.17, 15) is 19.5 Å². The van der Waals surface area contributed by atoms with E-state index < -0.39 is 24.3 Å². The molecule has 0 saturated carbocycles. The minimum atomic E-state index is -1.62. The minimum Gasteiger partial charge on any atom is -0.545 e. The molecule has 2 atom stereocenters. The van der Waals surface area contributed by atoms with Gasteiger partial charge in [0.25, 0.3) is 0 Å². The zero-order valence-electron chi connectivity index (χ0n) is 67.9. The smallest absolute Gasteiger partial charge is 0.306 e. The maximum atomic E-state index is 13.0. The van der Waals surface area contributed by atoms with E-state index in [0.29, 0.717) is 17.4 Å². The van der Waals surface area contributed by atoms with Crippen LogP contribution in [0.5, 0.6) is 0 Å². The second-order valence-corrected chi connectivity index (χ2v) is 31.9. The fourth-order valence-corrected chi connectivity index (χ4v) is 13.8. The highest BCUT2D eigenvalue weighted by molar-refractivity contribution is 5.70. The van der Waals surface area contributed by atoms with E-state index in [2.05, 4.69) is 50.3 Å². The Labute approximate surface area is 623 Å². The predicted octanol–water partition coefficient (Wildman–Crippen LogP) is 27.7. The molecular formula is C91H173NO8. The quantitative estimate of drug-likeness (QED) is 0.0195. The van der Waals surface area contributed by atoms with Crippen LogP contribution in [0.25, 0.3) is 0 Å². The van der Waals surface area contributed by atoms with Crippen molar-refractivity contribution >= 4 is 17.9 Å². The first-order chi connectivity index (χ1) is 49.1. The lowest BCUT2D eigenvalue weighted by atomic mass is 10.0. The van der Waals surface area contributed by atoms with Gasteiger partial charge in [0.2, 0.25) is 0 Å². The standard InChI is InChI=1S/C91H173NO8/c1-6-8-10-12-14-16-18-20-22-24-26-28-30-32-34-36-38-40-42-44-46-47-49-51-53-55-57-59-61-63-65-67-69-71-73-75-77-79-81-88(93)98-85-87(86-99-91(90(95)96)97-84-83-92(3,4)5)100-89(94)82-80-78-76-74-72-70-68-66-64-62-60-58-56-54-52-50-48-45-43-41-39-37-35-33-31-29-27-25-23-21-19-17-15-13-11-9-7-2/h19,21,25,27,31,33,87,91H,6-18,20,22-24,26,28-30,32,34-86H2,1-5H3/b21-19-,27-25-,33-31-. The SMILES string of the molecule is CCCCCCC/C=C\C/C=C\C/C=C\CCCCCCCCCCCCCCCCCCCCCCCCC(=O)OC(COC(=O)CCCCCCCCCCCCCCCCCCCCCCCCCCCCCCCCCCCCCCCC)COC(OCC[N+](C)(C)C)C(=O)[O-]. The van der Waals surface area contributed by atoms with Crippen molar-refractivity contribution in [3.8, 4) is 0 Å². The lowest BCUT2D eigenvalue weighted by Crippen LogP contribution is -2.44. The van der Waals surface area contributed by atoms with Gasteiger partial charge in [-0.2, -0.15) is 0 Å². The lowest BCUT2D eigenvalue weighted by molar-refractivity contribution is -0.870. The molecule has 2 unspecified atom stereocenters. The molecule has 0 aliphatic carbocycles. The number of allylic oxidation sites excluding steroid dienone is 6. The molecule has 0 fully saturated rings. The molecule has 0 aliphatic rings. The third-order valence-corrected chi connectivity index (χ3v) is 20.6. The van der Waals surface area contributed by atoms with E-state index in [-0.39, 0.29) is 32.2 Å². The highest BCUT2D eigenvalue weighted by atomic mass is 16.7. The summed E-state index contributed by atoms with van der Waals surface area (Å²) in [6.07, 6.45) is 105. The number of likely N-dealkylation sites (N-methyl/N-ethyl adjacent to an activating group) is 1. The monoisotopic (exact) mass is 1410 g/mol. The third kappa shape index (κ3) is 82.8. The van der Waals surface area contributed by atoms with Gasteiger partial charge >= 0.3 is 11.9 Å². The number of rotatable bonds is 85. The summed E-state index contributed by atoms with van der Waals surface area (Å²) in [5, 5.41) is 11.9. The molecule has 0 N–H and O–H groups in total. The average molecular weight is 1410 g/mol. The number of quaternary nitrogens is 1. The van der Waals surface area contributed by atoms with Gasteiger partial charge in [-0.05, 0) is 51.4 Å². The van der Waals surface area contributed by atoms with Crippen molar-refractivity contribution in [1.29, 1.82) is 0 Å². The Kier molecular flexibility index (Phi) is 80.1. The maximum absolute atomic E-state index is 13.0. The van der Waals surface area contributed by atoms with Crippen molar-refractivity contribution < 1.29 is 42.9 Å². The van der Waals surface area contributed by atoms with Crippen LogP contribution >= 0.6 is 0 Å². The van der Waals surface area contributed by atoms with Gasteiger partial charge in [0.15, 0.2) is 12.4 Å². The van der Waals surface area contributed by atoms with E-state index in [0.717, 1.165) is 51.4 Å². The van der Waals surface area contributed by atoms with Crippen LogP contribution in [-0.4, -0.2) is 82.3 Å². The summed E-state index contributed by atoms with van der Waals surface area (Å²) in [5.41, 5.74) is 0. The highest BCUT2D eigenvalue weighted by Gasteiger charge is 2.22. The molecule has 0 radical (unpaired) electrons. The van der Waals surface area contributed by atoms with E-state index in [1.54, 1.807) is 0 Å². The molecule has 0 amide bonds. The largest absolute Gasteiger partial charge is 0.545 e. The molecule has 0 spiro atoms. The van der Waals surface area contributed by atoms with Crippen molar-refractivity contribution in [2.75, 3.05) is 47.5 Å². The fraction of sp³-hybridized carbons (Fsp3) is 0.901. The average Bonchev–Trinajstić information content (AvgIpc) is 1.14. The van der Waals surface area contributed by atoms with E-state index in [4.69, 9.17) is 18.9 Å². The number of carbonyl (C=O) groups excluding carboxylic acids is 3. The number of ether oxygens (including phenoxy) is 4. The van der Waals surface area contributed by atoms with Crippen molar-refractivity contribution in [1.82, 2.24) is 0 Å². The van der Waals surface area contributed by atoms with E-state index in [1.807, 2.05) is 21.1 Å². The van der Waals surface area contributed by atoms with Crippen LogP contribution in [0, 0.1) is 0 Å². The summed E-state index contributed by atoms with van der Waals surface area (Å²) in [5.74, 6) is -2.24. The zero-order valence-corrected chi connectivity index (χ0v) is 67.9. The Morgan fingerprint density at radius 1 is 0.300 bits per heavy atom. The zero-order chi connectivity index (χ0) is 72.5. The summed E-state index contributed by atoms with van der Waals surface area (Å²) < 4.78 is 22.9. The molecule has 0 aromatic heterocycles. The number of carbonyl (C=O) groups is 3. The number of esters is 2. The van der Waals surface area contributed by atoms with Crippen LogP contribution in [-0.2, 0) is 33.3 Å². The molecule has 0 rings (SSSR count). The van der Waals surface area contributed by atoms with Crippen LogP contribution in [0.3, 0.4) is 0 Å². The first-order valence-corrected chi connectivity index (χ1v) is 44.6. The van der Waals surface area contributed by atoms with Crippen LogP contribution in [0.15, 0.2) is 36.5 Å². The highest BCUT2D eigenvalue weighted by Crippen LogP contribution is 2.21. The number of nitrogens with zero attached hydrogens (tertiary/aromatic N) is 1. The maximum Gasteiger partial charge on any atom is 0.306 e. The molecular weight excluding hydrogens is 1230 g/mol. The van der Waals surface area contributed by atoms with Gasteiger partial charge in [-0.1, -0.05) is 442 Å². The van der Waals surface area contributed by atoms with Gasteiger partial charge in [0.05, 0.1) is 40.3 Å². The Bertz CT molecular complexity index is 1740. The number of unbranched alkanes of at least 4 members (excludes halogenated alkanes) is 64. The van der Waals surface area contributed by atoms with Crippen LogP contribution < -0.4 is 5.11 Å². The van der Waals surface area contributed by atoms with Crippen molar-refractivity contribution in [2.45, 2.75) is 482 Å². The van der Waals surface area contributed by atoms with Gasteiger partial charge in [0, 0.05) is 12.8 Å². The first-order valence-electron chi connectivity index (χ1n) is 44.6. The van der Waals surface area contributed by atoms with Gasteiger partial charge in [-0.3, -0.25) is 9.59 Å². The molecule has 0 aromatic carbocycles. The number of hydrogen-bond donors (Lipinski definition) is 0. The van der Waals surface area contributed by atoms with Crippen LogP contribution in [0.4, 0.5) is 0 Å². The molecule has 0 saturated heterocycles. The Morgan fingerprint density at radius 2 is 0.540 bits per heavy atom. The normalized spacial score (nSPS) is 12.7. The van der Waals surface area contributed by atoms with Gasteiger partial charge in [-0.15, -0.1) is 0 Å². The minimum absolute atomic E-state index is 0.152. The lowest BCUT2D eigenvalue weighted by Gasteiger charge is -2.26. The van der Waals surface area contributed by atoms with Gasteiger partial charge in [0.1, 0.15) is 13.2 Å². The number of carboxylic acids is 1. The summed E-state index contributed by atoms with van der Waals surface area (Å²) in [4.78, 5) is 37.7. The molecule has 9 nitrogen and oxygen atoms in total. The Balaban J connectivity index is 3.90. The van der Waals surface area contributed by atoms with Crippen LogP contribution in [0.1, 0.15) is 470 Å². The summed E-state index contributed by atoms with van der Waals surface area (Å²) in [6.45, 7) is 4.83. The Morgan fingerprint density at radius 3 is 0.800 bits per heavy atom. The van der Waals surface area contributed by atoms with Crippen molar-refractivity contribution in [2.24, 2.45) is 0 Å². The molecule has 0 aromatic rings. The van der Waals surface area contributed by atoms with Crippen molar-refractivity contribution in [3.63, 3.8) is 0 Å². The molecule has 100 heavy (non-hydrogen) atoms. The van der Waals surface area contributed by atoms with Gasteiger partial charge in [-0.25, -0.2) is 0 Å². The summed E-state index contributed by atoms with van der Waals surface area (Å²) in [6, 6.07) is 0. The molecule has 0 aliphatic heterocycles. The Hall–Kier alpha value is -2.49. The summed E-state index contributed by atoms with van der Waals surface area (Å²) >= 11 is 0. The van der Waals surface area contributed by atoms with E-state index in [1.165, 1.54) is 392 Å². The van der Waals surface area contributed by atoms with Crippen molar-refractivity contribution in [3.05, 3.63) is 36.5 Å². The number of aliphatic carboxylic acids is 1. The van der Waals surface area contributed by atoms with E-state index >= 15 is 0 Å². The first kappa shape index (κ1) is 97.5. The second-order valence-electron chi connectivity index (χ2n) is 31.9. The predicted molar refractivity (Wildman–Crippen MR) is 431 cm³/mol. The van der Waals surface area contributed by atoms with Crippen LogP contribution in [0.2, 0.25) is 0 Å². The molecule has 0 bridgehead atoms. The van der Waals surface area contributed by atoms with Gasteiger partial charge < -0.3 is 33.3 Å². The fourth-order valence-electron chi connectivity index (χ4n) is 13.8. The molecule has 9 heteroatoms. The summed E-state index contributed by atoms with van der Waals surface area (Å²) in [7, 11) is 5.96.